The van der Waals surface area contributed by atoms with Crippen molar-refractivity contribution in [3.63, 3.8) is 0 Å². The fraction of sp³-hybridized carbons (Fsp3) is 0.714. The molecule has 0 atom stereocenters. The van der Waals surface area contributed by atoms with Crippen molar-refractivity contribution in [2.75, 3.05) is 6.54 Å². The van der Waals surface area contributed by atoms with Crippen LogP contribution in [0.2, 0.25) is 0 Å². The molecule has 0 saturated carbocycles. The summed E-state index contributed by atoms with van der Waals surface area (Å²) in [5.41, 5.74) is 5.99. The normalized spacial score (nSPS) is 12.1. The summed E-state index contributed by atoms with van der Waals surface area (Å²) in [5, 5.41) is 4.50. The molecule has 102 valence electrons. The van der Waals surface area contributed by atoms with Crippen LogP contribution >= 0.6 is 0 Å². The van der Waals surface area contributed by atoms with Gasteiger partial charge in [0.1, 0.15) is 5.78 Å². The van der Waals surface area contributed by atoms with E-state index in [1.807, 2.05) is 30.8 Å². The van der Waals surface area contributed by atoms with Gasteiger partial charge in [0.2, 0.25) is 0 Å². The second-order valence-corrected chi connectivity index (χ2v) is 5.45. The molecular weight excluding hydrogens is 226 g/mol. The van der Waals surface area contributed by atoms with E-state index in [4.69, 9.17) is 5.73 Å². The van der Waals surface area contributed by atoms with Crippen molar-refractivity contribution in [3.8, 4) is 0 Å². The maximum Gasteiger partial charge on any atom is 0.145 e. The van der Waals surface area contributed by atoms with Crippen LogP contribution in [-0.2, 0) is 11.2 Å². The highest BCUT2D eigenvalue weighted by atomic mass is 16.1. The second-order valence-electron chi connectivity index (χ2n) is 5.45. The number of aromatic nitrogens is 2. The summed E-state index contributed by atoms with van der Waals surface area (Å²) < 4.78 is 1.97. The third kappa shape index (κ3) is 3.42. The van der Waals surface area contributed by atoms with Gasteiger partial charge in [-0.05, 0) is 18.9 Å². The molecule has 18 heavy (non-hydrogen) atoms. The maximum atomic E-state index is 12.1. The van der Waals surface area contributed by atoms with Crippen molar-refractivity contribution < 1.29 is 4.79 Å². The lowest BCUT2D eigenvalue weighted by molar-refractivity contribution is -0.126. The summed E-state index contributed by atoms with van der Waals surface area (Å²) in [6, 6.07) is 2.36. The Hall–Kier alpha value is -1.16. The van der Waals surface area contributed by atoms with Gasteiger partial charge in [0, 0.05) is 18.2 Å². The monoisotopic (exact) mass is 251 g/mol. The van der Waals surface area contributed by atoms with Crippen molar-refractivity contribution >= 4 is 5.78 Å². The number of nitrogens with zero attached hydrogens (tertiary/aromatic N) is 2. The van der Waals surface area contributed by atoms with Crippen LogP contribution in [-0.4, -0.2) is 22.1 Å². The molecule has 2 N–H and O–H groups in total. The summed E-state index contributed by atoms with van der Waals surface area (Å²) in [5.74, 6) is 0.153. The van der Waals surface area contributed by atoms with E-state index < -0.39 is 5.41 Å². The second kappa shape index (κ2) is 6.14. The first-order valence-electron chi connectivity index (χ1n) is 6.72. The fourth-order valence-electron chi connectivity index (χ4n) is 1.86. The molecule has 0 bridgehead atoms. The van der Waals surface area contributed by atoms with E-state index in [0.29, 0.717) is 19.0 Å². The average Bonchev–Trinajstić information content (AvgIpc) is 2.79. The zero-order chi connectivity index (χ0) is 13.8. The molecule has 0 aliphatic carbocycles. The quantitative estimate of drug-likeness (QED) is 0.809. The average molecular weight is 251 g/mol. The van der Waals surface area contributed by atoms with Gasteiger partial charge in [-0.15, -0.1) is 0 Å². The number of rotatable bonds is 7. The number of hydrogen-bond acceptors (Lipinski definition) is 3. The number of Topliss-reactive ketones (excluding diaryl/α,β-unsaturated/α-hetero) is 1. The lowest BCUT2D eigenvalue weighted by Gasteiger charge is -2.19. The Morgan fingerprint density at radius 1 is 1.44 bits per heavy atom. The molecule has 0 saturated heterocycles. The van der Waals surface area contributed by atoms with Gasteiger partial charge in [-0.3, -0.25) is 9.48 Å². The van der Waals surface area contributed by atoms with Crippen LogP contribution in [0.5, 0.6) is 0 Å². The summed E-state index contributed by atoms with van der Waals surface area (Å²) in [6.45, 7) is 8.44. The number of carbonyl (C=O) groups excluding carboxylic acids is 1. The molecule has 0 unspecified atom stereocenters. The van der Waals surface area contributed by atoms with Crippen LogP contribution in [0.3, 0.4) is 0 Å². The van der Waals surface area contributed by atoms with E-state index in [1.54, 1.807) is 0 Å². The zero-order valence-electron chi connectivity index (χ0n) is 11.9. The SMILES string of the molecule is CCC(CC)n1ccc(CC(=O)C(C)(C)CN)n1. The van der Waals surface area contributed by atoms with Gasteiger partial charge in [-0.1, -0.05) is 27.7 Å². The zero-order valence-corrected chi connectivity index (χ0v) is 11.9. The maximum absolute atomic E-state index is 12.1. The highest BCUT2D eigenvalue weighted by Crippen LogP contribution is 2.18. The highest BCUT2D eigenvalue weighted by Gasteiger charge is 2.26. The van der Waals surface area contributed by atoms with Crippen molar-refractivity contribution in [1.82, 2.24) is 9.78 Å². The molecule has 1 rings (SSSR count). The van der Waals surface area contributed by atoms with Gasteiger partial charge in [-0.25, -0.2) is 0 Å². The molecule has 1 aromatic heterocycles. The molecule has 0 fully saturated rings. The molecule has 0 aromatic carbocycles. The third-order valence-electron chi connectivity index (χ3n) is 3.59. The van der Waals surface area contributed by atoms with Crippen LogP contribution in [0, 0.1) is 5.41 Å². The predicted octanol–water partition coefficient (Wildman–Crippen LogP) is 2.34. The first-order valence-corrected chi connectivity index (χ1v) is 6.72. The molecule has 0 amide bonds. The summed E-state index contributed by atoms with van der Waals surface area (Å²) in [7, 11) is 0. The Morgan fingerprint density at radius 3 is 2.56 bits per heavy atom. The van der Waals surface area contributed by atoms with Crippen LogP contribution in [0.4, 0.5) is 0 Å². The molecule has 0 aliphatic rings. The van der Waals surface area contributed by atoms with Gasteiger partial charge in [0.15, 0.2) is 0 Å². The summed E-state index contributed by atoms with van der Waals surface area (Å²) in [6.07, 6.45) is 4.45. The summed E-state index contributed by atoms with van der Waals surface area (Å²) >= 11 is 0. The number of ketones is 1. The molecule has 0 radical (unpaired) electrons. The summed E-state index contributed by atoms with van der Waals surface area (Å²) in [4.78, 5) is 12.1. The van der Waals surface area contributed by atoms with E-state index in [1.165, 1.54) is 0 Å². The smallest absolute Gasteiger partial charge is 0.145 e. The van der Waals surface area contributed by atoms with Crippen molar-refractivity contribution in [3.05, 3.63) is 18.0 Å². The molecule has 0 aliphatic heterocycles. The lowest BCUT2D eigenvalue weighted by Crippen LogP contribution is -2.34. The topological polar surface area (TPSA) is 60.9 Å². The fourth-order valence-corrected chi connectivity index (χ4v) is 1.86. The van der Waals surface area contributed by atoms with Crippen LogP contribution in [0.15, 0.2) is 12.3 Å². The van der Waals surface area contributed by atoms with Crippen LogP contribution < -0.4 is 5.73 Å². The van der Waals surface area contributed by atoms with Crippen molar-refractivity contribution in [2.45, 2.75) is 53.0 Å². The van der Waals surface area contributed by atoms with Gasteiger partial charge in [0.05, 0.1) is 18.2 Å². The van der Waals surface area contributed by atoms with Gasteiger partial charge in [-0.2, -0.15) is 5.10 Å². The van der Waals surface area contributed by atoms with Crippen LogP contribution in [0.25, 0.3) is 0 Å². The van der Waals surface area contributed by atoms with Crippen LogP contribution in [0.1, 0.15) is 52.3 Å². The van der Waals surface area contributed by atoms with Gasteiger partial charge < -0.3 is 5.73 Å². The lowest BCUT2D eigenvalue weighted by atomic mass is 9.86. The molecule has 1 aromatic rings. The first-order chi connectivity index (χ1) is 8.44. The first kappa shape index (κ1) is 14.9. The van der Waals surface area contributed by atoms with E-state index >= 15 is 0 Å². The molecule has 4 heteroatoms. The number of carbonyl (C=O) groups is 1. The van der Waals surface area contributed by atoms with Gasteiger partial charge in [0.25, 0.3) is 0 Å². The highest BCUT2D eigenvalue weighted by molar-refractivity contribution is 5.85. The van der Waals surface area contributed by atoms with E-state index in [0.717, 1.165) is 18.5 Å². The Balaban J connectivity index is 2.73. The molecule has 1 heterocycles. The molecular formula is C14H25N3O. The Bertz CT molecular complexity index is 391. The van der Waals surface area contributed by atoms with E-state index in [-0.39, 0.29) is 5.78 Å². The number of hydrogen-bond donors (Lipinski definition) is 1. The Kier molecular flexibility index (Phi) is 5.08. The molecule has 0 spiro atoms. The van der Waals surface area contributed by atoms with Gasteiger partial charge >= 0.3 is 0 Å². The molecule has 4 nitrogen and oxygen atoms in total. The third-order valence-corrected chi connectivity index (χ3v) is 3.59. The van der Waals surface area contributed by atoms with Crippen molar-refractivity contribution in [2.24, 2.45) is 11.1 Å². The van der Waals surface area contributed by atoms with E-state index in [2.05, 4.69) is 18.9 Å². The predicted molar refractivity (Wildman–Crippen MR) is 73.4 cm³/mol. The minimum atomic E-state index is -0.460. The minimum Gasteiger partial charge on any atom is -0.329 e. The van der Waals surface area contributed by atoms with E-state index in [9.17, 15) is 4.79 Å². The van der Waals surface area contributed by atoms with Crippen molar-refractivity contribution in [1.29, 1.82) is 0 Å². The Labute approximate surface area is 110 Å². The minimum absolute atomic E-state index is 0.153. The standard InChI is InChI=1S/C14H25N3O/c1-5-12(6-2)17-8-7-11(16-17)9-13(18)14(3,4)10-15/h7-8,12H,5-6,9-10,15H2,1-4H3. The number of nitrogens with two attached hydrogens (primary N) is 1. The largest absolute Gasteiger partial charge is 0.329 e. The Morgan fingerprint density at radius 2 is 2.06 bits per heavy atom.